The summed E-state index contributed by atoms with van der Waals surface area (Å²) in [6.07, 6.45) is 3.48. The van der Waals surface area contributed by atoms with Gasteiger partial charge in [-0.1, -0.05) is 55.8 Å². The minimum atomic E-state index is -0.0708. The molecule has 0 heterocycles. The summed E-state index contributed by atoms with van der Waals surface area (Å²) in [5.41, 5.74) is 4.04. The average molecular weight is 376 g/mol. The summed E-state index contributed by atoms with van der Waals surface area (Å²) in [6, 6.07) is 26.3. The molecule has 0 aliphatic carbocycles. The number of hydrogen-bond acceptors (Lipinski definition) is 2. The van der Waals surface area contributed by atoms with Gasteiger partial charge in [-0.3, -0.25) is 4.79 Å². The van der Waals surface area contributed by atoms with Crippen LogP contribution in [0.3, 0.4) is 0 Å². The predicted molar refractivity (Wildman–Crippen MR) is 115 cm³/mol. The maximum Gasteiger partial charge on any atom is 0.255 e. The number of amides is 1. The fraction of sp³-hybridized carbons (Fsp3) is 0.208. The van der Waals surface area contributed by atoms with E-state index in [-0.39, 0.29) is 5.91 Å². The van der Waals surface area contributed by atoms with Crippen LogP contribution in [-0.4, -0.2) is 5.91 Å². The molecule has 0 unspecified atom stereocenters. The van der Waals surface area contributed by atoms with Crippen LogP contribution in [0.5, 0.6) is 0 Å². The van der Waals surface area contributed by atoms with E-state index in [1.807, 2.05) is 54.6 Å². The maximum atomic E-state index is 12.4. The Morgan fingerprint density at radius 2 is 1.52 bits per heavy atom. The summed E-state index contributed by atoms with van der Waals surface area (Å²) in [7, 11) is 0. The van der Waals surface area contributed by atoms with Crippen molar-refractivity contribution < 1.29 is 4.79 Å². The molecule has 0 aliphatic rings. The van der Waals surface area contributed by atoms with Gasteiger partial charge in [0.2, 0.25) is 0 Å². The highest BCUT2D eigenvalue weighted by Gasteiger charge is 2.06. The van der Waals surface area contributed by atoms with Gasteiger partial charge in [0.15, 0.2) is 0 Å². The van der Waals surface area contributed by atoms with Crippen LogP contribution in [0.15, 0.2) is 83.8 Å². The van der Waals surface area contributed by atoms with Gasteiger partial charge in [-0.05, 0) is 60.4 Å². The van der Waals surface area contributed by atoms with Gasteiger partial charge in [0, 0.05) is 21.9 Å². The van der Waals surface area contributed by atoms with Crippen molar-refractivity contribution >= 4 is 23.4 Å². The van der Waals surface area contributed by atoms with E-state index >= 15 is 0 Å². The molecule has 0 saturated heterocycles. The molecule has 0 aliphatic heterocycles. The van der Waals surface area contributed by atoms with Gasteiger partial charge in [-0.25, -0.2) is 0 Å². The summed E-state index contributed by atoms with van der Waals surface area (Å²) >= 11 is 1.80. The normalized spacial score (nSPS) is 10.6. The molecule has 0 aromatic heterocycles. The van der Waals surface area contributed by atoms with Crippen LogP contribution in [0.1, 0.15) is 41.3 Å². The third-order valence-electron chi connectivity index (χ3n) is 4.40. The van der Waals surface area contributed by atoms with Crippen LogP contribution in [0.2, 0.25) is 0 Å². The zero-order valence-corrected chi connectivity index (χ0v) is 16.5. The Kier molecular flexibility index (Phi) is 7.11. The first-order valence-electron chi connectivity index (χ1n) is 9.41. The van der Waals surface area contributed by atoms with Crippen LogP contribution < -0.4 is 5.32 Å². The van der Waals surface area contributed by atoms with Gasteiger partial charge in [0.1, 0.15) is 0 Å². The summed E-state index contributed by atoms with van der Waals surface area (Å²) < 4.78 is 0. The summed E-state index contributed by atoms with van der Waals surface area (Å²) in [5, 5.41) is 2.97. The highest BCUT2D eigenvalue weighted by Crippen LogP contribution is 2.22. The number of thioether (sulfide) groups is 1. The van der Waals surface area contributed by atoms with Gasteiger partial charge in [0.25, 0.3) is 5.91 Å². The van der Waals surface area contributed by atoms with Crippen molar-refractivity contribution in [3.8, 4) is 0 Å². The molecule has 0 fully saturated rings. The molecule has 0 saturated carbocycles. The van der Waals surface area contributed by atoms with Gasteiger partial charge in [0.05, 0.1) is 0 Å². The fourth-order valence-electron chi connectivity index (χ4n) is 2.77. The third-order valence-corrected chi connectivity index (χ3v) is 5.48. The van der Waals surface area contributed by atoms with Gasteiger partial charge < -0.3 is 5.32 Å². The van der Waals surface area contributed by atoms with Crippen molar-refractivity contribution in [3.05, 3.63) is 95.6 Å². The lowest BCUT2D eigenvalue weighted by molar-refractivity contribution is 0.102. The molecule has 0 spiro atoms. The fourth-order valence-corrected chi connectivity index (χ4v) is 3.65. The van der Waals surface area contributed by atoms with Crippen molar-refractivity contribution in [1.82, 2.24) is 0 Å². The molecule has 3 rings (SSSR count). The largest absolute Gasteiger partial charge is 0.322 e. The summed E-state index contributed by atoms with van der Waals surface area (Å²) in [5.74, 6) is 0.823. The van der Waals surface area contributed by atoms with E-state index < -0.39 is 0 Å². The van der Waals surface area contributed by atoms with Crippen LogP contribution in [0.25, 0.3) is 0 Å². The van der Waals surface area contributed by atoms with E-state index in [1.54, 1.807) is 11.8 Å². The minimum absolute atomic E-state index is 0.0708. The number of unbranched alkanes of at least 4 members (excludes halogenated alkanes) is 1. The lowest BCUT2D eigenvalue weighted by atomic mass is 10.1. The van der Waals surface area contributed by atoms with E-state index in [2.05, 4.69) is 36.5 Å². The average Bonchev–Trinajstić information content (AvgIpc) is 2.73. The Morgan fingerprint density at radius 3 is 2.19 bits per heavy atom. The lowest BCUT2D eigenvalue weighted by Crippen LogP contribution is -2.11. The van der Waals surface area contributed by atoms with Crippen molar-refractivity contribution in [2.45, 2.75) is 36.8 Å². The molecule has 1 N–H and O–H groups in total. The monoisotopic (exact) mass is 375 g/mol. The molecular formula is C24H25NOS. The minimum Gasteiger partial charge on any atom is -0.322 e. The van der Waals surface area contributed by atoms with Crippen molar-refractivity contribution in [2.24, 2.45) is 0 Å². The Morgan fingerprint density at radius 1 is 0.852 bits per heavy atom. The first-order valence-corrected chi connectivity index (χ1v) is 10.4. The van der Waals surface area contributed by atoms with Crippen molar-refractivity contribution in [1.29, 1.82) is 0 Å². The zero-order valence-electron chi connectivity index (χ0n) is 15.7. The van der Waals surface area contributed by atoms with E-state index in [1.165, 1.54) is 28.9 Å². The summed E-state index contributed by atoms with van der Waals surface area (Å²) in [4.78, 5) is 13.7. The standard InChI is InChI=1S/C24H25NOS/c1-2-3-7-19-12-16-22(17-13-19)25-24(26)21-14-10-20(11-15-21)18-27-23-8-5-4-6-9-23/h4-6,8-17H,2-3,7,18H2,1H3,(H,25,26). The van der Waals surface area contributed by atoms with E-state index in [9.17, 15) is 4.79 Å². The quantitative estimate of drug-likeness (QED) is 0.451. The van der Waals surface area contributed by atoms with Gasteiger partial charge >= 0.3 is 0 Å². The van der Waals surface area contributed by atoms with Crippen LogP contribution in [0, 0.1) is 0 Å². The Hall–Kier alpha value is -2.52. The maximum absolute atomic E-state index is 12.4. The number of aryl methyl sites for hydroxylation is 1. The molecule has 0 atom stereocenters. The van der Waals surface area contributed by atoms with Crippen LogP contribution in [-0.2, 0) is 12.2 Å². The lowest BCUT2D eigenvalue weighted by Gasteiger charge is -2.08. The van der Waals surface area contributed by atoms with Crippen molar-refractivity contribution in [3.63, 3.8) is 0 Å². The molecule has 0 radical (unpaired) electrons. The SMILES string of the molecule is CCCCc1ccc(NC(=O)c2ccc(CSc3ccccc3)cc2)cc1. The molecule has 3 heteroatoms. The van der Waals surface area contributed by atoms with E-state index in [0.29, 0.717) is 5.56 Å². The van der Waals surface area contributed by atoms with Crippen molar-refractivity contribution in [2.75, 3.05) is 5.32 Å². The topological polar surface area (TPSA) is 29.1 Å². The number of carbonyl (C=O) groups is 1. The van der Waals surface area contributed by atoms with Gasteiger partial charge in [-0.2, -0.15) is 0 Å². The highest BCUT2D eigenvalue weighted by atomic mass is 32.2. The molecule has 3 aromatic carbocycles. The van der Waals surface area contributed by atoms with Crippen LogP contribution in [0.4, 0.5) is 5.69 Å². The van der Waals surface area contributed by atoms with Crippen LogP contribution >= 0.6 is 11.8 Å². The molecule has 0 bridgehead atoms. The molecule has 1 amide bonds. The first-order chi connectivity index (χ1) is 13.2. The number of hydrogen-bond donors (Lipinski definition) is 1. The number of nitrogens with one attached hydrogen (secondary N) is 1. The number of anilines is 1. The number of benzene rings is 3. The number of carbonyl (C=O) groups excluding carboxylic acids is 1. The Bertz CT molecular complexity index is 842. The second-order valence-corrected chi connectivity index (χ2v) is 7.60. The van der Waals surface area contributed by atoms with E-state index in [0.717, 1.165) is 17.9 Å². The smallest absolute Gasteiger partial charge is 0.255 e. The highest BCUT2D eigenvalue weighted by molar-refractivity contribution is 7.98. The zero-order chi connectivity index (χ0) is 18.9. The molecule has 3 aromatic rings. The second-order valence-electron chi connectivity index (χ2n) is 6.55. The van der Waals surface area contributed by atoms with Gasteiger partial charge in [-0.15, -0.1) is 11.8 Å². The first kappa shape index (κ1) is 19.2. The molecule has 138 valence electrons. The Labute approximate surface area is 166 Å². The third kappa shape index (κ3) is 6.00. The molecule has 27 heavy (non-hydrogen) atoms. The molecule has 2 nitrogen and oxygen atoms in total. The Balaban J connectivity index is 1.54. The van der Waals surface area contributed by atoms with E-state index in [4.69, 9.17) is 0 Å². The molecular weight excluding hydrogens is 350 g/mol. The summed E-state index contributed by atoms with van der Waals surface area (Å²) in [6.45, 7) is 2.19. The predicted octanol–water partition coefficient (Wildman–Crippen LogP) is 6.57. The second kappa shape index (κ2) is 9.98. The number of rotatable bonds is 8.